The van der Waals surface area contributed by atoms with Gasteiger partial charge < -0.3 is 5.53 Å². The molecule has 0 aliphatic carbocycles. The summed E-state index contributed by atoms with van der Waals surface area (Å²) in [6, 6.07) is 1.33. The van der Waals surface area contributed by atoms with Crippen LogP contribution in [0.3, 0.4) is 0 Å². The number of nitrogens with zero attached hydrogens (tertiary/aromatic N) is 2. The SMILES string of the molecule is C[Si](C)CCCCCC(=O)C=[N+]=[N-]. The molecule has 0 aromatic carbocycles. The number of hydrogen-bond donors (Lipinski definition) is 0. The highest BCUT2D eigenvalue weighted by Gasteiger charge is 2.02. The molecule has 0 heterocycles. The maximum absolute atomic E-state index is 10.8. The minimum Gasteiger partial charge on any atom is -0.361 e. The number of ketones is 1. The Morgan fingerprint density at radius 1 is 1.38 bits per heavy atom. The van der Waals surface area contributed by atoms with Crippen LogP contribution in [0.25, 0.3) is 5.53 Å². The minimum absolute atomic E-state index is 0.0824. The zero-order valence-corrected chi connectivity index (χ0v) is 9.42. The molecule has 0 N–H and O–H groups in total. The van der Waals surface area contributed by atoms with Gasteiger partial charge in [0.1, 0.15) is 0 Å². The van der Waals surface area contributed by atoms with E-state index in [4.69, 9.17) is 5.53 Å². The van der Waals surface area contributed by atoms with E-state index in [1.807, 2.05) is 0 Å². The lowest BCUT2D eigenvalue weighted by Gasteiger charge is -2.00. The van der Waals surface area contributed by atoms with Gasteiger partial charge in [-0.05, 0) is 6.42 Å². The fourth-order valence-corrected chi connectivity index (χ4v) is 2.04. The van der Waals surface area contributed by atoms with Crippen molar-refractivity contribution in [1.82, 2.24) is 0 Å². The summed E-state index contributed by atoms with van der Waals surface area (Å²) in [4.78, 5) is 13.5. The number of unbranched alkanes of at least 4 members (excludes halogenated alkanes) is 2. The van der Waals surface area contributed by atoms with Crippen LogP contribution in [0, 0.1) is 0 Å². The molecule has 0 rings (SSSR count). The molecule has 0 aliphatic rings. The molecule has 0 saturated carbocycles. The molecular weight excluding hydrogens is 180 g/mol. The van der Waals surface area contributed by atoms with Crippen molar-refractivity contribution in [1.29, 1.82) is 0 Å². The Morgan fingerprint density at radius 2 is 2.08 bits per heavy atom. The van der Waals surface area contributed by atoms with Gasteiger partial charge in [-0.15, -0.1) is 0 Å². The van der Waals surface area contributed by atoms with E-state index in [-0.39, 0.29) is 14.6 Å². The molecule has 0 atom stereocenters. The molecule has 0 amide bonds. The average Bonchev–Trinajstić information content (AvgIpc) is 2.03. The van der Waals surface area contributed by atoms with E-state index >= 15 is 0 Å². The molecule has 0 bridgehead atoms. The highest BCUT2D eigenvalue weighted by atomic mass is 28.3. The Balaban J connectivity index is 3.26. The van der Waals surface area contributed by atoms with Crippen LogP contribution in [-0.2, 0) is 4.79 Å². The predicted molar refractivity (Wildman–Crippen MR) is 55.4 cm³/mol. The third kappa shape index (κ3) is 9.18. The fourth-order valence-electron chi connectivity index (χ4n) is 1.08. The first-order valence-electron chi connectivity index (χ1n) is 4.66. The van der Waals surface area contributed by atoms with E-state index in [0.29, 0.717) is 6.42 Å². The second kappa shape index (κ2) is 7.89. The molecule has 0 spiro atoms. The normalized spacial score (nSPS) is 9.77. The molecule has 4 heteroatoms. The number of carbonyl (C=O) groups excluding carboxylic acids is 1. The Morgan fingerprint density at radius 3 is 2.62 bits per heavy atom. The molecule has 0 fully saturated rings. The summed E-state index contributed by atoms with van der Waals surface area (Å²) in [6.45, 7) is 4.60. The van der Waals surface area contributed by atoms with E-state index in [1.54, 1.807) is 0 Å². The molecule has 73 valence electrons. The summed E-state index contributed by atoms with van der Waals surface area (Å²) in [7, 11) is -0.0964. The first kappa shape index (κ1) is 12.3. The Bertz CT molecular complexity index is 198. The van der Waals surface area contributed by atoms with Crippen molar-refractivity contribution >= 4 is 20.8 Å². The van der Waals surface area contributed by atoms with Crippen molar-refractivity contribution in [2.24, 2.45) is 0 Å². The molecule has 0 saturated heterocycles. The molecule has 3 nitrogen and oxygen atoms in total. The van der Waals surface area contributed by atoms with Crippen molar-refractivity contribution in [2.45, 2.75) is 44.8 Å². The van der Waals surface area contributed by atoms with Crippen LogP contribution in [0.15, 0.2) is 0 Å². The van der Waals surface area contributed by atoms with E-state index in [2.05, 4.69) is 17.9 Å². The van der Waals surface area contributed by atoms with Gasteiger partial charge >= 0.3 is 6.21 Å². The molecular formula is C9H17N2OSi. The lowest BCUT2D eigenvalue weighted by molar-refractivity contribution is -0.116. The van der Waals surface area contributed by atoms with Crippen molar-refractivity contribution in [3.8, 4) is 0 Å². The Kier molecular flexibility index (Phi) is 7.45. The average molecular weight is 197 g/mol. The van der Waals surface area contributed by atoms with Crippen molar-refractivity contribution in [3.05, 3.63) is 5.53 Å². The molecule has 13 heavy (non-hydrogen) atoms. The maximum Gasteiger partial charge on any atom is 0.323 e. The highest BCUT2D eigenvalue weighted by Crippen LogP contribution is 2.05. The largest absolute Gasteiger partial charge is 0.361 e. The van der Waals surface area contributed by atoms with Gasteiger partial charge in [-0.1, -0.05) is 32.0 Å². The molecule has 1 radical (unpaired) electrons. The van der Waals surface area contributed by atoms with Crippen molar-refractivity contribution in [3.63, 3.8) is 0 Å². The standard InChI is InChI=1S/C9H17N2OSi/c1-13(2)7-5-3-4-6-9(12)8-11-10/h8H,3-7H2,1-2H3. The zero-order valence-electron chi connectivity index (χ0n) is 8.42. The smallest absolute Gasteiger partial charge is 0.323 e. The molecule has 0 aromatic heterocycles. The van der Waals surface area contributed by atoms with Gasteiger partial charge in [0.25, 0.3) is 0 Å². The van der Waals surface area contributed by atoms with Crippen LogP contribution in [0.5, 0.6) is 0 Å². The third-order valence-corrected chi connectivity index (χ3v) is 3.16. The van der Waals surface area contributed by atoms with E-state index in [9.17, 15) is 4.79 Å². The van der Waals surface area contributed by atoms with E-state index in [0.717, 1.165) is 19.1 Å². The predicted octanol–water partition coefficient (Wildman–Crippen LogP) is 2.17. The third-order valence-electron chi connectivity index (χ3n) is 1.80. The van der Waals surface area contributed by atoms with Gasteiger partial charge in [0.05, 0.1) is 0 Å². The second-order valence-electron chi connectivity index (χ2n) is 3.48. The second-order valence-corrected chi connectivity index (χ2v) is 6.39. The molecule has 0 aliphatic heterocycles. The molecule has 0 unspecified atom stereocenters. The van der Waals surface area contributed by atoms with E-state index in [1.165, 1.54) is 12.5 Å². The Labute approximate surface area is 81.4 Å². The van der Waals surface area contributed by atoms with Gasteiger partial charge in [0, 0.05) is 15.2 Å². The number of hydrogen-bond acceptors (Lipinski definition) is 1. The summed E-state index contributed by atoms with van der Waals surface area (Å²) in [6.07, 6.45) is 4.75. The van der Waals surface area contributed by atoms with Gasteiger partial charge in [-0.25, -0.2) is 0 Å². The lowest BCUT2D eigenvalue weighted by Crippen LogP contribution is -2.01. The number of rotatable bonds is 7. The van der Waals surface area contributed by atoms with Crippen LogP contribution in [-0.4, -0.2) is 25.6 Å². The van der Waals surface area contributed by atoms with Crippen LogP contribution in [0.4, 0.5) is 0 Å². The van der Waals surface area contributed by atoms with Crippen LogP contribution >= 0.6 is 0 Å². The first-order chi connectivity index (χ1) is 6.16. The summed E-state index contributed by atoms with van der Waals surface area (Å²) >= 11 is 0. The van der Waals surface area contributed by atoms with Gasteiger partial charge in [-0.2, -0.15) is 4.79 Å². The topological polar surface area (TPSA) is 53.5 Å². The van der Waals surface area contributed by atoms with Crippen LogP contribution in [0.2, 0.25) is 19.1 Å². The summed E-state index contributed by atoms with van der Waals surface area (Å²) in [5, 5.41) is 0. The zero-order chi connectivity index (χ0) is 10.1. The van der Waals surface area contributed by atoms with Gasteiger partial charge in [-0.3, -0.25) is 4.79 Å². The lowest BCUT2D eigenvalue weighted by atomic mass is 10.1. The van der Waals surface area contributed by atoms with Crippen LogP contribution < -0.4 is 0 Å². The van der Waals surface area contributed by atoms with Crippen molar-refractivity contribution in [2.75, 3.05) is 0 Å². The Hall–Kier alpha value is -0.733. The van der Waals surface area contributed by atoms with Crippen molar-refractivity contribution < 1.29 is 9.58 Å². The fraction of sp³-hybridized carbons (Fsp3) is 0.778. The van der Waals surface area contributed by atoms with Gasteiger partial charge in [0.2, 0.25) is 5.78 Å². The van der Waals surface area contributed by atoms with Crippen LogP contribution in [0.1, 0.15) is 25.7 Å². The summed E-state index contributed by atoms with van der Waals surface area (Å²) < 4.78 is 0. The maximum atomic E-state index is 10.8. The van der Waals surface area contributed by atoms with E-state index < -0.39 is 0 Å². The summed E-state index contributed by atoms with van der Waals surface area (Å²) in [5.74, 6) is -0.0824. The highest BCUT2D eigenvalue weighted by molar-refractivity contribution is 6.55. The first-order valence-corrected chi connectivity index (χ1v) is 7.37. The number of Topliss-reactive ketones (excluding diaryl/α,β-unsaturated/α-hetero) is 1. The minimum atomic E-state index is -0.0964. The molecule has 0 aromatic rings. The van der Waals surface area contributed by atoms with Gasteiger partial charge in [0.15, 0.2) is 0 Å². The summed E-state index contributed by atoms with van der Waals surface area (Å²) in [5.41, 5.74) is 8.06. The monoisotopic (exact) mass is 197 g/mol. The number of carbonyl (C=O) groups is 1. The quantitative estimate of drug-likeness (QED) is 0.203.